The van der Waals surface area contributed by atoms with Crippen LogP contribution >= 0.6 is 11.3 Å². The summed E-state index contributed by atoms with van der Waals surface area (Å²) in [6, 6.07) is 8.26. The molecule has 0 aliphatic carbocycles. The van der Waals surface area contributed by atoms with Gasteiger partial charge in [0, 0.05) is 86.4 Å². The van der Waals surface area contributed by atoms with Crippen LogP contribution in [0.3, 0.4) is 0 Å². The first-order valence-corrected chi connectivity index (χ1v) is 12.6. The Morgan fingerprint density at radius 1 is 1.06 bits per heavy atom. The lowest BCUT2D eigenvalue weighted by atomic mass is 10.2. The molecule has 2 saturated heterocycles. The molecule has 9 nitrogen and oxygen atoms in total. The Labute approximate surface area is 206 Å². The van der Waals surface area contributed by atoms with Crippen molar-refractivity contribution < 1.29 is 9.59 Å². The molecule has 1 aromatic carbocycles. The average molecular weight is 488 g/mol. The standard InChI is InChI=1S/C25H25N7O2S/c1-17-14-27-25(28-15-17)31-6-4-18-12-19(2-3-21(18)31)32-16-20(13-22(32)33)29-7-9-30(10-8-29)24(34)23-26-5-11-35-23/h2-6,11-12,14-15,20H,7-10,13,16H2,1H3. The molecule has 1 atom stereocenters. The van der Waals surface area contributed by atoms with Gasteiger partial charge in [-0.3, -0.25) is 19.1 Å². The molecule has 6 rings (SSSR count). The van der Waals surface area contributed by atoms with Gasteiger partial charge in [-0.1, -0.05) is 0 Å². The summed E-state index contributed by atoms with van der Waals surface area (Å²) in [4.78, 5) is 44.6. The number of hydrogen-bond acceptors (Lipinski definition) is 7. The van der Waals surface area contributed by atoms with Crippen LogP contribution in [0.15, 0.2) is 54.4 Å². The average Bonchev–Trinajstić information content (AvgIpc) is 3.64. The number of rotatable bonds is 4. The van der Waals surface area contributed by atoms with Crippen LogP contribution in [0.4, 0.5) is 5.69 Å². The summed E-state index contributed by atoms with van der Waals surface area (Å²) in [5.74, 6) is 0.764. The molecule has 4 aromatic rings. The Kier molecular flexibility index (Phi) is 5.54. The molecule has 2 amide bonds. The Morgan fingerprint density at radius 2 is 1.86 bits per heavy atom. The fourth-order valence-corrected chi connectivity index (χ4v) is 5.52. The third-order valence-electron chi connectivity index (χ3n) is 6.81. The molecular weight excluding hydrogens is 462 g/mol. The summed E-state index contributed by atoms with van der Waals surface area (Å²) < 4.78 is 1.96. The molecule has 0 radical (unpaired) electrons. The predicted octanol–water partition coefficient (Wildman–Crippen LogP) is 2.75. The van der Waals surface area contributed by atoms with Crippen LogP contribution in [0.5, 0.6) is 0 Å². The van der Waals surface area contributed by atoms with E-state index in [1.54, 1.807) is 18.6 Å². The van der Waals surface area contributed by atoms with Crippen LogP contribution in [0.1, 0.15) is 21.8 Å². The maximum atomic E-state index is 13.0. The van der Waals surface area contributed by atoms with E-state index in [1.807, 2.05) is 51.1 Å². The number of piperazine rings is 1. The molecule has 178 valence electrons. The maximum absolute atomic E-state index is 13.0. The molecule has 0 spiro atoms. The minimum atomic E-state index is 0.0000478. The molecule has 2 fully saturated rings. The highest BCUT2D eigenvalue weighted by Crippen LogP contribution is 2.29. The number of hydrogen-bond donors (Lipinski definition) is 0. The van der Waals surface area contributed by atoms with Gasteiger partial charge < -0.3 is 9.80 Å². The largest absolute Gasteiger partial charge is 0.334 e. The molecule has 3 aromatic heterocycles. The number of benzene rings is 1. The number of carbonyl (C=O) groups excluding carboxylic acids is 2. The van der Waals surface area contributed by atoms with E-state index in [9.17, 15) is 9.59 Å². The van der Waals surface area contributed by atoms with Crippen LogP contribution in [0.2, 0.25) is 0 Å². The fourth-order valence-electron chi connectivity index (χ4n) is 4.92. The molecule has 1 unspecified atom stereocenters. The minimum Gasteiger partial charge on any atom is -0.334 e. The Hall–Kier alpha value is -3.63. The molecular formula is C25H25N7O2S. The van der Waals surface area contributed by atoms with Crippen LogP contribution in [0, 0.1) is 6.92 Å². The van der Waals surface area contributed by atoms with E-state index in [2.05, 4.69) is 25.9 Å². The van der Waals surface area contributed by atoms with E-state index in [1.165, 1.54) is 11.3 Å². The predicted molar refractivity (Wildman–Crippen MR) is 134 cm³/mol. The van der Waals surface area contributed by atoms with E-state index in [4.69, 9.17) is 0 Å². The lowest BCUT2D eigenvalue weighted by Gasteiger charge is -2.37. The van der Waals surface area contributed by atoms with Gasteiger partial charge in [-0.05, 0) is 36.8 Å². The summed E-state index contributed by atoms with van der Waals surface area (Å²) in [6.07, 6.45) is 7.73. The topological polar surface area (TPSA) is 87.5 Å². The molecule has 5 heterocycles. The number of amides is 2. The van der Waals surface area contributed by atoms with Crippen molar-refractivity contribution in [2.24, 2.45) is 0 Å². The second kappa shape index (κ2) is 8.86. The van der Waals surface area contributed by atoms with Crippen molar-refractivity contribution in [3.8, 4) is 5.95 Å². The SMILES string of the molecule is Cc1cnc(-n2ccc3cc(N4CC(N5CCN(C(=O)c6nccs6)CC5)CC4=O)ccc32)nc1. The van der Waals surface area contributed by atoms with Gasteiger partial charge in [0.25, 0.3) is 5.91 Å². The first kappa shape index (κ1) is 21.9. The molecule has 0 N–H and O–H groups in total. The van der Waals surface area contributed by atoms with Gasteiger partial charge in [0.1, 0.15) is 0 Å². The normalized spacial score (nSPS) is 19.1. The van der Waals surface area contributed by atoms with E-state index < -0.39 is 0 Å². The number of carbonyl (C=O) groups is 2. The second-order valence-corrected chi connectivity index (χ2v) is 9.91. The highest BCUT2D eigenvalue weighted by atomic mass is 32.1. The van der Waals surface area contributed by atoms with Crippen LogP contribution < -0.4 is 4.90 Å². The van der Waals surface area contributed by atoms with E-state index >= 15 is 0 Å². The van der Waals surface area contributed by atoms with Gasteiger partial charge >= 0.3 is 0 Å². The molecule has 0 saturated carbocycles. The summed E-state index contributed by atoms with van der Waals surface area (Å²) in [5, 5.41) is 3.40. The van der Waals surface area contributed by atoms with Gasteiger partial charge in [-0.25, -0.2) is 15.0 Å². The number of fused-ring (bicyclic) bond motifs is 1. The fraction of sp³-hybridized carbons (Fsp3) is 0.320. The zero-order chi connectivity index (χ0) is 23.9. The van der Waals surface area contributed by atoms with Crippen molar-refractivity contribution in [3.63, 3.8) is 0 Å². The highest BCUT2D eigenvalue weighted by molar-refractivity contribution is 7.11. The van der Waals surface area contributed by atoms with Gasteiger partial charge in [-0.15, -0.1) is 11.3 Å². The third kappa shape index (κ3) is 4.08. The number of anilines is 1. The Bertz CT molecular complexity index is 1370. The van der Waals surface area contributed by atoms with E-state index in [0.717, 1.165) is 35.2 Å². The van der Waals surface area contributed by atoms with E-state index in [0.29, 0.717) is 37.0 Å². The lowest BCUT2D eigenvalue weighted by Crippen LogP contribution is -2.52. The van der Waals surface area contributed by atoms with Crippen LogP contribution in [0.25, 0.3) is 16.9 Å². The van der Waals surface area contributed by atoms with Crippen LogP contribution in [-0.4, -0.2) is 79.9 Å². The molecule has 10 heteroatoms. The zero-order valence-electron chi connectivity index (χ0n) is 19.4. The molecule has 2 aliphatic rings. The van der Waals surface area contributed by atoms with Crippen molar-refractivity contribution >= 4 is 39.7 Å². The first-order valence-electron chi connectivity index (χ1n) is 11.7. The smallest absolute Gasteiger partial charge is 0.282 e. The molecule has 35 heavy (non-hydrogen) atoms. The lowest BCUT2D eigenvalue weighted by molar-refractivity contribution is -0.117. The highest BCUT2D eigenvalue weighted by Gasteiger charge is 2.36. The quantitative estimate of drug-likeness (QED) is 0.440. The van der Waals surface area contributed by atoms with Crippen molar-refractivity contribution in [1.29, 1.82) is 0 Å². The number of nitrogens with zero attached hydrogens (tertiary/aromatic N) is 7. The van der Waals surface area contributed by atoms with Gasteiger partial charge in [0.05, 0.1) is 5.52 Å². The monoisotopic (exact) mass is 487 g/mol. The van der Waals surface area contributed by atoms with E-state index in [-0.39, 0.29) is 17.9 Å². The Balaban J connectivity index is 1.14. The third-order valence-corrected chi connectivity index (χ3v) is 7.57. The number of thiazole rings is 1. The summed E-state index contributed by atoms with van der Waals surface area (Å²) in [7, 11) is 0. The Morgan fingerprint density at radius 3 is 2.60 bits per heavy atom. The van der Waals surface area contributed by atoms with Gasteiger partial charge in [0.15, 0.2) is 5.01 Å². The van der Waals surface area contributed by atoms with Crippen molar-refractivity contribution in [2.45, 2.75) is 19.4 Å². The summed E-state index contributed by atoms with van der Waals surface area (Å²) >= 11 is 1.37. The molecule has 2 aliphatic heterocycles. The number of aromatic nitrogens is 4. The second-order valence-electron chi connectivity index (χ2n) is 9.02. The minimum absolute atomic E-state index is 0.0000478. The number of aryl methyl sites for hydroxylation is 1. The maximum Gasteiger partial charge on any atom is 0.282 e. The van der Waals surface area contributed by atoms with Crippen molar-refractivity contribution in [3.05, 3.63) is 65.0 Å². The zero-order valence-corrected chi connectivity index (χ0v) is 20.2. The molecule has 0 bridgehead atoms. The van der Waals surface area contributed by atoms with Crippen molar-refractivity contribution in [2.75, 3.05) is 37.6 Å². The first-order chi connectivity index (χ1) is 17.1. The summed E-state index contributed by atoms with van der Waals surface area (Å²) in [5.41, 5.74) is 2.93. The van der Waals surface area contributed by atoms with Gasteiger partial charge in [-0.2, -0.15) is 0 Å². The van der Waals surface area contributed by atoms with Gasteiger partial charge in [0.2, 0.25) is 11.9 Å². The van der Waals surface area contributed by atoms with Crippen LogP contribution in [-0.2, 0) is 4.79 Å². The van der Waals surface area contributed by atoms with Crippen molar-refractivity contribution in [1.82, 2.24) is 29.3 Å². The summed E-state index contributed by atoms with van der Waals surface area (Å²) in [6.45, 7) is 5.47.